The van der Waals surface area contributed by atoms with E-state index in [1.807, 2.05) is 0 Å². The van der Waals surface area contributed by atoms with Gasteiger partial charge >= 0.3 is 0 Å². The molecule has 0 saturated carbocycles. The molecule has 0 N–H and O–H groups in total. The second kappa shape index (κ2) is 15.5. The van der Waals surface area contributed by atoms with Gasteiger partial charge in [-0.3, -0.25) is 0 Å². The molecule has 0 aliphatic rings. The molecule has 13 rings (SSSR count). The molecule has 0 saturated heterocycles. The normalized spacial score (nSPS) is 11.6. The van der Waals surface area contributed by atoms with Crippen LogP contribution < -0.4 is 4.90 Å². The van der Waals surface area contributed by atoms with Crippen molar-refractivity contribution in [3.63, 3.8) is 0 Å². The topological polar surface area (TPSA) is 16.4 Å². The second-order valence-corrected chi connectivity index (χ2v) is 17.3. The Bertz CT molecular complexity index is 3980. The van der Waals surface area contributed by atoms with E-state index in [4.69, 9.17) is 4.42 Å². The number of furan rings is 1. The van der Waals surface area contributed by atoms with Crippen LogP contribution in [0.2, 0.25) is 0 Å². The first-order chi connectivity index (χ1) is 32.7. The minimum atomic E-state index is 0.848. The van der Waals surface area contributed by atoms with Crippen molar-refractivity contribution in [2.45, 2.75) is 0 Å². The van der Waals surface area contributed by atoms with Gasteiger partial charge in [-0.05, 0) is 143 Å². The molecule has 0 aliphatic heterocycles. The van der Waals surface area contributed by atoms with Gasteiger partial charge < -0.3 is 9.32 Å². The fourth-order valence-electron chi connectivity index (χ4n) is 10.0. The van der Waals surface area contributed by atoms with Gasteiger partial charge in [0.05, 0.1) is 5.69 Å². The van der Waals surface area contributed by atoms with Crippen LogP contribution in [-0.2, 0) is 0 Å². The van der Waals surface area contributed by atoms with E-state index in [0.717, 1.165) is 55.7 Å². The number of hydrogen-bond donors (Lipinski definition) is 0. The van der Waals surface area contributed by atoms with Gasteiger partial charge in [-0.1, -0.05) is 188 Å². The van der Waals surface area contributed by atoms with Crippen molar-refractivity contribution < 1.29 is 4.42 Å². The number of anilines is 3. The van der Waals surface area contributed by atoms with E-state index in [-0.39, 0.29) is 0 Å². The molecule has 0 spiro atoms. The number of rotatable bonds is 7. The Hall–Kier alpha value is -8.72. The van der Waals surface area contributed by atoms with E-state index in [0.29, 0.717) is 0 Å². The van der Waals surface area contributed by atoms with Crippen LogP contribution in [0.1, 0.15) is 0 Å². The molecule has 0 radical (unpaired) electrons. The third kappa shape index (κ3) is 6.50. The summed E-state index contributed by atoms with van der Waals surface area (Å²) in [5.41, 5.74) is 14.2. The quantitative estimate of drug-likeness (QED) is 0.159. The number of para-hydroxylation sites is 1. The van der Waals surface area contributed by atoms with Crippen molar-refractivity contribution >= 4 is 82.1 Å². The first kappa shape index (κ1) is 37.8. The average Bonchev–Trinajstić information content (AvgIpc) is 3.79. The highest BCUT2D eigenvalue weighted by molar-refractivity contribution is 6.24. The summed E-state index contributed by atoms with van der Waals surface area (Å²) in [7, 11) is 0. The van der Waals surface area contributed by atoms with Crippen molar-refractivity contribution in [2.24, 2.45) is 0 Å². The monoisotopic (exact) mass is 839 g/mol. The maximum atomic E-state index is 7.18. The molecule has 66 heavy (non-hydrogen) atoms. The van der Waals surface area contributed by atoms with Gasteiger partial charge in [0, 0.05) is 27.7 Å². The summed E-state index contributed by atoms with van der Waals surface area (Å²) >= 11 is 0. The minimum absolute atomic E-state index is 0.848. The Labute approximate surface area is 382 Å². The zero-order chi connectivity index (χ0) is 43.6. The third-order valence-corrected chi connectivity index (χ3v) is 13.4. The molecular formula is C64H41NO. The van der Waals surface area contributed by atoms with Gasteiger partial charge in [0.25, 0.3) is 0 Å². The standard InChI is InChI=1S/C64H41NO/c1-2-13-46(14-3-1)60-41-55-17-8-9-18-58(55)62-59-19-10-20-61(63(59)66-64(60)62)65(56-33-29-44(30-34-56)49-23-21-42-11-4-6-15-47(42)37-49)57-35-31-45(32-36-57)50-25-26-53-40-54(28-27-52(53)39-50)51-24-22-43-12-5-7-16-48(43)38-51/h1-41H. The molecule has 2 heteroatoms. The maximum Gasteiger partial charge on any atom is 0.159 e. The second-order valence-electron chi connectivity index (χ2n) is 17.3. The largest absolute Gasteiger partial charge is 0.453 e. The smallest absolute Gasteiger partial charge is 0.159 e. The summed E-state index contributed by atoms with van der Waals surface area (Å²) in [6.07, 6.45) is 0. The lowest BCUT2D eigenvalue weighted by molar-refractivity contribution is 0.670. The summed E-state index contributed by atoms with van der Waals surface area (Å²) in [5.74, 6) is 0. The van der Waals surface area contributed by atoms with Gasteiger partial charge in [-0.15, -0.1) is 0 Å². The first-order valence-electron chi connectivity index (χ1n) is 22.6. The van der Waals surface area contributed by atoms with Crippen LogP contribution in [0.15, 0.2) is 253 Å². The van der Waals surface area contributed by atoms with E-state index < -0.39 is 0 Å². The molecule has 0 bridgehead atoms. The number of hydrogen-bond acceptors (Lipinski definition) is 2. The Morgan fingerprint density at radius 1 is 0.258 bits per heavy atom. The molecular weight excluding hydrogens is 799 g/mol. The first-order valence-corrected chi connectivity index (χ1v) is 22.6. The Morgan fingerprint density at radius 2 is 0.682 bits per heavy atom. The van der Waals surface area contributed by atoms with Crippen molar-refractivity contribution in [2.75, 3.05) is 4.90 Å². The van der Waals surface area contributed by atoms with Crippen molar-refractivity contribution in [1.29, 1.82) is 0 Å². The van der Waals surface area contributed by atoms with Gasteiger partial charge in [0.15, 0.2) is 5.58 Å². The van der Waals surface area contributed by atoms with Gasteiger partial charge in [-0.25, -0.2) is 0 Å². The lowest BCUT2D eigenvalue weighted by Crippen LogP contribution is -2.10. The SMILES string of the molecule is c1ccc(-c2cc3ccccc3c3c2oc2c(N(c4ccc(-c5ccc6ccccc6c5)cc4)c4ccc(-c5ccc6cc(-c7ccc8ccccc8c7)ccc6c5)cc4)cccc23)cc1. The molecule has 13 aromatic rings. The van der Waals surface area contributed by atoms with Gasteiger partial charge in [0.2, 0.25) is 0 Å². The van der Waals surface area contributed by atoms with E-state index in [2.05, 4.69) is 254 Å². The van der Waals surface area contributed by atoms with Crippen LogP contribution in [0.5, 0.6) is 0 Å². The van der Waals surface area contributed by atoms with E-state index >= 15 is 0 Å². The van der Waals surface area contributed by atoms with Crippen LogP contribution >= 0.6 is 0 Å². The summed E-state index contributed by atoms with van der Waals surface area (Å²) in [6.45, 7) is 0. The van der Waals surface area contributed by atoms with Gasteiger partial charge in [0.1, 0.15) is 5.58 Å². The molecule has 0 fully saturated rings. The molecule has 0 atom stereocenters. The molecule has 0 unspecified atom stereocenters. The van der Waals surface area contributed by atoms with Crippen LogP contribution in [-0.4, -0.2) is 0 Å². The number of nitrogens with zero attached hydrogens (tertiary/aromatic N) is 1. The maximum absolute atomic E-state index is 7.18. The molecule has 0 aliphatic carbocycles. The van der Waals surface area contributed by atoms with E-state index in [1.54, 1.807) is 0 Å². The zero-order valence-corrected chi connectivity index (χ0v) is 36.0. The van der Waals surface area contributed by atoms with E-state index in [1.165, 1.54) is 70.9 Å². The third-order valence-electron chi connectivity index (χ3n) is 13.4. The summed E-state index contributed by atoms with van der Waals surface area (Å²) in [5, 5.41) is 12.0. The molecule has 1 heterocycles. The Balaban J connectivity index is 0.925. The molecule has 1 aromatic heterocycles. The lowest BCUT2D eigenvalue weighted by Gasteiger charge is -2.26. The summed E-state index contributed by atoms with van der Waals surface area (Å²) in [6, 6.07) is 90.1. The van der Waals surface area contributed by atoms with E-state index in [9.17, 15) is 0 Å². The average molecular weight is 840 g/mol. The van der Waals surface area contributed by atoms with Crippen LogP contribution in [0, 0.1) is 0 Å². The van der Waals surface area contributed by atoms with Crippen molar-refractivity contribution in [1.82, 2.24) is 0 Å². The predicted octanol–water partition coefficient (Wildman–Crippen LogP) is 18.3. The van der Waals surface area contributed by atoms with Gasteiger partial charge in [-0.2, -0.15) is 0 Å². The predicted molar refractivity (Wildman–Crippen MR) is 280 cm³/mol. The van der Waals surface area contributed by atoms with Crippen LogP contribution in [0.3, 0.4) is 0 Å². The number of benzene rings is 12. The highest BCUT2D eigenvalue weighted by Crippen LogP contribution is 2.47. The van der Waals surface area contributed by atoms with Crippen LogP contribution in [0.4, 0.5) is 17.1 Å². The Kier molecular flexibility index (Phi) is 8.89. The molecule has 12 aromatic carbocycles. The summed E-state index contributed by atoms with van der Waals surface area (Å²) < 4.78 is 7.18. The van der Waals surface area contributed by atoms with Crippen molar-refractivity contribution in [3.05, 3.63) is 249 Å². The lowest BCUT2D eigenvalue weighted by atomic mass is 9.96. The minimum Gasteiger partial charge on any atom is -0.453 e. The highest BCUT2D eigenvalue weighted by atomic mass is 16.3. The highest BCUT2D eigenvalue weighted by Gasteiger charge is 2.23. The molecule has 308 valence electrons. The fraction of sp³-hybridized carbons (Fsp3) is 0. The molecule has 0 amide bonds. The molecule has 2 nitrogen and oxygen atoms in total. The van der Waals surface area contributed by atoms with Crippen molar-refractivity contribution in [3.8, 4) is 44.5 Å². The summed E-state index contributed by atoms with van der Waals surface area (Å²) in [4.78, 5) is 2.34. The van der Waals surface area contributed by atoms with Crippen LogP contribution in [0.25, 0.3) is 110 Å². The fourth-order valence-corrected chi connectivity index (χ4v) is 10.0. The number of fused-ring (bicyclic) bond motifs is 8. The zero-order valence-electron chi connectivity index (χ0n) is 36.0. The Morgan fingerprint density at radius 3 is 1.24 bits per heavy atom.